The fourth-order valence-electron chi connectivity index (χ4n) is 1.47. The van der Waals surface area contributed by atoms with Crippen LogP contribution in [0.5, 0.6) is 5.75 Å². The zero-order valence-electron chi connectivity index (χ0n) is 9.95. The molecule has 0 aliphatic heterocycles. The highest BCUT2D eigenvalue weighted by atomic mass is 19.3. The molecule has 1 N–H and O–H groups in total. The van der Waals surface area contributed by atoms with Gasteiger partial charge in [0, 0.05) is 13.2 Å². The molecule has 0 saturated carbocycles. The molecule has 0 aliphatic carbocycles. The summed E-state index contributed by atoms with van der Waals surface area (Å²) >= 11 is 0. The number of hydrogen-bond donors (Lipinski definition) is 1. The van der Waals surface area contributed by atoms with Crippen LogP contribution < -0.4 is 10.1 Å². The minimum Gasteiger partial charge on any atom is -0.433 e. The van der Waals surface area contributed by atoms with Crippen LogP contribution in [0, 0.1) is 0 Å². The van der Waals surface area contributed by atoms with Crippen LogP contribution in [0.15, 0.2) is 24.3 Å². The van der Waals surface area contributed by atoms with Gasteiger partial charge in [-0.1, -0.05) is 19.1 Å². The average Bonchev–Trinajstić information content (AvgIpc) is 2.30. The molecular weight excluding hydrogens is 228 g/mol. The van der Waals surface area contributed by atoms with Crippen LogP contribution in [0.25, 0.3) is 0 Å². The first kappa shape index (κ1) is 13.7. The lowest BCUT2D eigenvalue weighted by molar-refractivity contribution is -0.0494. The van der Waals surface area contributed by atoms with Gasteiger partial charge in [-0.25, -0.2) is 0 Å². The fourth-order valence-corrected chi connectivity index (χ4v) is 1.47. The topological polar surface area (TPSA) is 30.5 Å². The fraction of sp³-hybridized carbons (Fsp3) is 0.500. The lowest BCUT2D eigenvalue weighted by atomic mass is 10.2. The third-order valence-electron chi connectivity index (χ3n) is 2.32. The largest absolute Gasteiger partial charge is 0.433 e. The number of hydrogen-bond acceptors (Lipinski definition) is 3. The molecule has 0 aliphatic rings. The number of benzene rings is 1. The molecule has 1 rings (SSSR count). The number of alkyl halides is 2. The van der Waals surface area contributed by atoms with E-state index in [2.05, 4.69) is 10.1 Å². The molecule has 0 fully saturated rings. The minimum atomic E-state index is -2.82. The predicted octanol–water partition coefficient (Wildman–Crippen LogP) is 3.12. The number of rotatable bonds is 7. The highest BCUT2D eigenvalue weighted by Crippen LogP contribution is 2.26. The zero-order chi connectivity index (χ0) is 12.7. The van der Waals surface area contributed by atoms with Gasteiger partial charge < -0.3 is 14.8 Å². The molecule has 0 bridgehead atoms. The van der Waals surface area contributed by atoms with Crippen molar-refractivity contribution in [1.29, 1.82) is 0 Å². The number of methoxy groups -OCH3 is 1. The third-order valence-corrected chi connectivity index (χ3v) is 2.32. The van der Waals surface area contributed by atoms with Crippen molar-refractivity contribution in [3.63, 3.8) is 0 Å². The molecule has 5 heteroatoms. The molecule has 0 saturated heterocycles. The lowest BCUT2D eigenvalue weighted by Gasteiger charge is -2.19. The van der Waals surface area contributed by atoms with E-state index < -0.39 is 6.61 Å². The Kier molecular flexibility index (Phi) is 5.69. The maximum atomic E-state index is 12.2. The Morgan fingerprint density at radius 3 is 2.59 bits per heavy atom. The van der Waals surface area contributed by atoms with Crippen LogP contribution in [-0.2, 0) is 4.74 Å². The summed E-state index contributed by atoms with van der Waals surface area (Å²) in [4.78, 5) is 0. The number of para-hydroxylation sites is 2. The van der Waals surface area contributed by atoms with Crippen molar-refractivity contribution in [2.75, 3.05) is 19.0 Å². The second-order valence-corrected chi connectivity index (χ2v) is 3.58. The van der Waals surface area contributed by atoms with Crippen molar-refractivity contribution in [1.82, 2.24) is 0 Å². The average molecular weight is 245 g/mol. The summed E-state index contributed by atoms with van der Waals surface area (Å²) in [6, 6.07) is 6.70. The van der Waals surface area contributed by atoms with Crippen molar-refractivity contribution in [2.24, 2.45) is 0 Å². The summed E-state index contributed by atoms with van der Waals surface area (Å²) in [7, 11) is 1.60. The van der Waals surface area contributed by atoms with Crippen molar-refractivity contribution >= 4 is 5.69 Å². The van der Waals surface area contributed by atoms with Crippen molar-refractivity contribution in [3.05, 3.63) is 24.3 Å². The van der Waals surface area contributed by atoms with Crippen LogP contribution >= 0.6 is 0 Å². The zero-order valence-corrected chi connectivity index (χ0v) is 9.95. The van der Waals surface area contributed by atoms with E-state index in [0.717, 1.165) is 6.42 Å². The van der Waals surface area contributed by atoms with Crippen molar-refractivity contribution < 1.29 is 18.3 Å². The van der Waals surface area contributed by atoms with Crippen molar-refractivity contribution in [2.45, 2.75) is 26.0 Å². The number of anilines is 1. The summed E-state index contributed by atoms with van der Waals surface area (Å²) < 4.78 is 33.9. The maximum Gasteiger partial charge on any atom is 0.387 e. The SMILES string of the molecule is CCC(COC)Nc1ccccc1OC(F)F. The molecule has 0 spiro atoms. The Labute approximate surface area is 99.7 Å². The highest BCUT2D eigenvalue weighted by Gasteiger charge is 2.12. The molecule has 1 aromatic rings. The van der Waals surface area contributed by atoms with Crippen LogP contribution in [0.1, 0.15) is 13.3 Å². The lowest BCUT2D eigenvalue weighted by Crippen LogP contribution is -2.24. The van der Waals surface area contributed by atoms with Gasteiger partial charge in [0.15, 0.2) is 0 Å². The molecule has 0 heterocycles. The highest BCUT2D eigenvalue weighted by molar-refractivity contribution is 5.56. The monoisotopic (exact) mass is 245 g/mol. The maximum absolute atomic E-state index is 12.2. The Morgan fingerprint density at radius 1 is 1.29 bits per heavy atom. The van der Waals surface area contributed by atoms with Gasteiger partial charge in [0.05, 0.1) is 12.3 Å². The standard InChI is InChI=1S/C12H17F2NO2/c1-3-9(8-16-2)15-10-6-4-5-7-11(10)17-12(13)14/h4-7,9,12,15H,3,8H2,1-2H3. The molecule has 1 aromatic carbocycles. The third kappa shape index (κ3) is 4.56. The molecule has 1 atom stereocenters. The van der Waals surface area contributed by atoms with E-state index in [1.165, 1.54) is 6.07 Å². The van der Waals surface area contributed by atoms with Gasteiger partial charge >= 0.3 is 6.61 Å². The van der Waals surface area contributed by atoms with E-state index in [1.54, 1.807) is 25.3 Å². The second-order valence-electron chi connectivity index (χ2n) is 3.58. The van der Waals surface area contributed by atoms with Gasteiger partial charge in [-0.15, -0.1) is 0 Å². The first-order valence-corrected chi connectivity index (χ1v) is 5.46. The Bertz CT molecular complexity index is 334. The van der Waals surface area contributed by atoms with Crippen LogP contribution in [0.2, 0.25) is 0 Å². The van der Waals surface area contributed by atoms with E-state index in [1.807, 2.05) is 6.92 Å². The first-order chi connectivity index (χ1) is 8.17. The normalized spacial score (nSPS) is 12.5. The van der Waals surface area contributed by atoms with Gasteiger partial charge in [-0.3, -0.25) is 0 Å². The van der Waals surface area contributed by atoms with Gasteiger partial charge in [0.1, 0.15) is 5.75 Å². The molecule has 96 valence electrons. The van der Waals surface area contributed by atoms with Gasteiger partial charge in [-0.05, 0) is 18.6 Å². The van der Waals surface area contributed by atoms with Gasteiger partial charge in [0.25, 0.3) is 0 Å². The summed E-state index contributed by atoms with van der Waals surface area (Å²) in [5, 5.41) is 3.12. The van der Waals surface area contributed by atoms with E-state index in [0.29, 0.717) is 12.3 Å². The summed E-state index contributed by atoms with van der Waals surface area (Å²) in [5.41, 5.74) is 0.553. The van der Waals surface area contributed by atoms with Crippen LogP contribution in [0.4, 0.5) is 14.5 Å². The Balaban J connectivity index is 2.74. The van der Waals surface area contributed by atoms with Crippen LogP contribution in [0.3, 0.4) is 0 Å². The smallest absolute Gasteiger partial charge is 0.387 e. The van der Waals surface area contributed by atoms with Gasteiger partial charge in [0.2, 0.25) is 0 Å². The summed E-state index contributed by atoms with van der Waals surface area (Å²) in [6.45, 7) is -0.312. The summed E-state index contributed by atoms with van der Waals surface area (Å²) in [5.74, 6) is 0.150. The Hall–Kier alpha value is -1.36. The number of halogens is 2. The summed E-state index contributed by atoms with van der Waals surface area (Å²) in [6.07, 6.45) is 0.830. The molecule has 17 heavy (non-hydrogen) atoms. The Morgan fingerprint density at radius 2 is 2.00 bits per heavy atom. The predicted molar refractivity (Wildman–Crippen MR) is 62.7 cm³/mol. The first-order valence-electron chi connectivity index (χ1n) is 5.46. The minimum absolute atomic E-state index is 0.0717. The molecule has 1 unspecified atom stereocenters. The number of ether oxygens (including phenoxy) is 2. The molecule has 0 amide bonds. The van der Waals surface area contributed by atoms with E-state index >= 15 is 0 Å². The second kappa shape index (κ2) is 7.06. The van der Waals surface area contributed by atoms with E-state index in [4.69, 9.17) is 4.74 Å². The molecular formula is C12H17F2NO2. The quantitative estimate of drug-likeness (QED) is 0.800. The van der Waals surface area contributed by atoms with Gasteiger partial charge in [-0.2, -0.15) is 8.78 Å². The molecule has 3 nitrogen and oxygen atoms in total. The van der Waals surface area contributed by atoms with E-state index in [-0.39, 0.29) is 11.8 Å². The molecule has 0 aromatic heterocycles. The van der Waals surface area contributed by atoms with E-state index in [9.17, 15) is 8.78 Å². The number of nitrogens with one attached hydrogen (secondary N) is 1. The molecule has 0 radical (unpaired) electrons. The van der Waals surface area contributed by atoms with Crippen molar-refractivity contribution in [3.8, 4) is 5.75 Å². The van der Waals surface area contributed by atoms with Crippen LogP contribution in [-0.4, -0.2) is 26.4 Å².